The molecule has 0 aromatic carbocycles. The molecule has 1 aromatic rings. The Hall–Kier alpha value is -1.43. The average Bonchev–Trinajstić information content (AvgIpc) is 2.85. The van der Waals surface area contributed by atoms with Gasteiger partial charge in [0.1, 0.15) is 6.33 Å². The Morgan fingerprint density at radius 1 is 1.63 bits per heavy atom. The van der Waals surface area contributed by atoms with Crippen molar-refractivity contribution in [2.45, 2.75) is 46.3 Å². The summed E-state index contributed by atoms with van der Waals surface area (Å²) in [5, 5.41) is 10.6. The van der Waals surface area contributed by atoms with Crippen LogP contribution in [0, 0.1) is 11.8 Å². The standard InChI is InChI=1S/C13H22N4O2/c1-4-17-8-14-16-13(17)15-12(18)10-6-5-7-19-11(10)9(2)3/h8-11H,4-7H2,1-3H3,(H,15,16,18). The van der Waals surface area contributed by atoms with E-state index in [1.165, 1.54) is 0 Å². The van der Waals surface area contributed by atoms with E-state index in [-0.39, 0.29) is 17.9 Å². The van der Waals surface area contributed by atoms with E-state index < -0.39 is 0 Å². The van der Waals surface area contributed by atoms with Gasteiger partial charge in [-0.15, -0.1) is 10.2 Å². The van der Waals surface area contributed by atoms with E-state index in [2.05, 4.69) is 29.4 Å². The Morgan fingerprint density at radius 3 is 3.11 bits per heavy atom. The summed E-state index contributed by atoms with van der Waals surface area (Å²) in [7, 11) is 0. The molecule has 6 heteroatoms. The summed E-state index contributed by atoms with van der Waals surface area (Å²) in [6, 6.07) is 0. The van der Waals surface area contributed by atoms with Crippen molar-refractivity contribution in [3.63, 3.8) is 0 Å². The zero-order valence-corrected chi connectivity index (χ0v) is 11.8. The van der Waals surface area contributed by atoms with Gasteiger partial charge in [-0.2, -0.15) is 0 Å². The van der Waals surface area contributed by atoms with Gasteiger partial charge in [0, 0.05) is 13.2 Å². The normalized spacial score (nSPS) is 23.6. The number of nitrogens with zero attached hydrogens (tertiary/aromatic N) is 3. The van der Waals surface area contributed by atoms with Crippen molar-refractivity contribution in [1.82, 2.24) is 14.8 Å². The molecule has 0 spiro atoms. The Labute approximate surface area is 113 Å². The minimum atomic E-state index is -0.101. The van der Waals surface area contributed by atoms with Crippen molar-refractivity contribution in [3.8, 4) is 0 Å². The predicted octanol–water partition coefficient (Wildman–Crippen LogP) is 1.69. The van der Waals surface area contributed by atoms with E-state index in [0.29, 0.717) is 11.9 Å². The highest BCUT2D eigenvalue weighted by atomic mass is 16.5. The minimum Gasteiger partial charge on any atom is -0.377 e. The predicted molar refractivity (Wildman–Crippen MR) is 71.6 cm³/mol. The Bertz CT molecular complexity index is 430. The number of hydrogen-bond donors (Lipinski definition) is 1. The highest BCUT2D eigenvalue weighted by Crippen LogP contribution is 2.27. The first-order valence-electron chi connectivity index (χ1n) is 6.93. The zero-order valence-electron chi connectivity index (χ0n) is 11.8. The topological polar surface area (TPSA) is 69.0 Å². The number of aromatic nitrogens is 3. The zero-order chi connectivity index (χ0) is 13.8. The van der Waals surface area contributed by atoms with Crippen molar-refractivity contribution in [3.05, 3.63) is 6.33 Å². The van der Waals surface area contributed by atoms with Gasteiger partial charge in [0.05, 0.1) is 12.0 Å². The minimum absolute atomic E-state index is 0.00764. The fourth-order valence-electron chi connectivity index (χ4n) is 2.53. The van der Waals surface area contributed by atoms with E-state index in [1.54, 1.807) is 6.33 Å². The number of amides is 1. The van der Waals surface area contributed by atoms with Crippen molar-refractivity contribution >= 4 is 11.9 Å². The third kappa shape index (κ3) is 3.12. The first-order valence-corrected chi connectivity index (χ1v) is 6.93. The van der Waals surface area contributed by atoms with Crippen LogP contribution >= 0.6 is 0 Å². The fraction of sp³-hybridized carbons (Fsp3) is 0.769. The number of rotatable bonds is 4. The molecule has 0 saturated carbocycles. The van der Waals surface area contributed by atoms with Gasteiger partial charge in [-0.05, 0) is 25.7 Å². The number of carbonyl (C=O) groups excluding carboxylic acids is 1. The van der Waals surface area contributed by atoms with Crippen LogP contribution in [0.1, 0.15) is 33.6 Å². The summed E-state index contributed by atoms with van der Waals surface area (Å²) in [6.07, 6.45) is 3.41. The molecule has 1 aliphatic heterocycles. The molecule has 0 bridgehead atoms. The molecule has 1 fully saturated rings. The summed E-state index contributed by atoms with van der Waals surface area (Å²) in [5.74, 6) is 0.734. The lowest BCUT2D eigenvalue weighted by atomic mass is 9.87. The van der Waals surface area contributed by atoms with Crippen LogP contribution in [-0.4, -0.2) is 33.4 Å². The SMILES string of the molecule is CCn1cnnc1NC(=O)C1CCCOC1C(C)C. The maximum atomic E-state index is 12.4. The summed E-state index contributed by atoms with van der Waals surface area (Å²) >= 11 is 0. The number of hydrogen-bond acceptors (Lipinski definition) is 4. The van der Waals surface area contributed by atoms with E-state index in [9.17, 15) is 4.79 Å². The lowest BCUT2D eigenvalue weighted by Gasteiger charge is -2.33. The molecule has 2 rings (SSSR count). The highest BCUT2D eigenvalue weighted by Gasteiger charge is 2.34. The lowest BCUT2D eigenvalue weighted by Crippen LogP contribution is -2.41. The molecule has 1 N–H and O–H groups in total. The first kappa shape index (κ1) is 14.0. The van der Waals surface area contributed by atoms with E-state index >= 15 is 0 Å². The van der Waals surface area contributed by atoms with E-state index in [0.717, 1.165) is 26.0 Å². The van der Waals surface area contributed by atoms with Crippen LogP contribution in [0.2, 0.25) is 0 Å². The molecular formula is C13H22N4O2. The molecule has 1 aromatic heterocycles. The van der Waals surface area contributed by atoms with Crippen LogP contribution in [0.3, 0.4) is 0 Å². The summed E-state index contributed by atoms with van der Waals surface area (Å²) < 4.78 is 7.56. The third-order valence-corrected chi connectivity index (χ3v) is 3.55. The molecule has 2 atom stereocenters. The Balaban J connectivity index is 2.05. The van der Waals surface area contributed by atoms with Gasteiger partial charge in [-0.3, -0.25) is 10.1 Å². The van der Waals surface area contributed by atoms with Crippen molar-refractivity contribution in [2.24, 2.45) is 11.8 Å². The molecule has 0 radical (unpaired) electrons. The second-order valence-electron chi connectivity index (χ2n) is 5.26. The number of carbonyl (C=O) groups is 1. The average molecular weight is 266 g/mol. The summed E-state index contributed by atoms with van der Waals surface area (Å²) in [5.41, 5.74) is 0. The van der Waals surface area contributed by atoms with Crippen LogP contribution in [0.4, 0.5) is 5.95 Å². The van der Waals surface area contributed by atoms with Crippen molar-refractivity contribution < 1.29 is 9.53 Å². The number of anilines is 1. The van der Waals surface area contributed by atoms with Crippen LogP contribution in [0.15, 0.2) is 6.33 Å². The Morgan fingerprint density at radius 2 is 2.42 bits per heavy atom. The fourth-order valence-corrected chi connectivity index (χ4v) is 2.53. The molecule has 6 nitrogen and oxygen atoms in total. The monoisotopic (exact) mass is 266 g/mol. The maximum Gasteiger partial charge on any atom is 0.232 e. The molecule has 106 valence electrons. The molecule has 1 amide bonds. The van der Waals surface area contributed by atoms with Gasteiger partial charge in [0.25, 0.3) is 0 Å². The van der Waals surface area contributed by atoms with Crippen LogP contribution in [0.5, 0.6) is 0 Å². The summed E-state index contributed by atoms with van der Waals surface area (Å²) in [4.78, 5) is 12.4. The van der Waals surface area contributed by atoms with Gasteiger partial charge in [-0.25, -0.2) is 0 Å². The van der Waals surface area contributed by atoms with Crippen LogP contribution in [0.25, 0.3) is 0 Å². The second-order valence-corrected chi connectivity index (χ2v) is 5.26. The number of ether oxygens (including phenoxy) is 1. The second kappa shape index (κ2) is 6.14. The third-order valence-electron chi connectivity index (χ3n) is 3.55. The molecular weight excluding hydrogens is 244 g/mol. The smallest absolute Gasteiger partial charge is 0.232 e. The lowest BCUT2D eigenvalue weighted by molar-refractivity contribution is -0.131. The molecule has 2 heterocycles. The van der Waals surface area contributed by atoms with Gasteiger partial charge >= 0.3 is 0 Å². The van der Waals surface area contributed by atoms with Crippen molar-refractivity contribution in [2.75, 3.05) is 11.9 Å². The maximum absolute atomic E-state index is 12.4. The van der Waals surface area contributed by atoms with Crippen LogP contribution in [-0.2, 0) is 16.1 Å². The molecule has 19 heavy (non-hydrogen) atoms. The summed E-state index contributed by atoms with van der Waals surface area (Å²) in [6.45, 7) is 7.64. The first-order chi connectivity index (χ1) is 9.13. The largest absolute Gasteiger partial charge is 0.377 e. The highest BCUT2D eigenvalue weighted by molar-refractivity contribution is 5.91. The molecule has 2 unspecified atom stereocenters. The number of nitrogens with one attached hydrogen (secondary N) is 1. The van der Waals surface area contributed by atoms with Crippen molar-refractivity contribution in [1.29, 1.82) is 0 Å². The van der Waals surface area contributed by atoms with Gasteiger partial charge in [0.2, 0.25) is 11.9 Å². The molecule has 1 saturated heterocycles. The molecule has 0 aliphatic carbocycles. The molecule has 1 aliphatic rings. The quantitative estimate of drug-likeness (QED) is 0.900. The number of aryl methyl sites for hydroxylation is 1. The van der Waals surface area contributed by atoms with E-state index in [1.807, 2.05) is 11.5 Å². The Kier molecular flexibility index (Phi) is 4.52. The van der Waals surface area contributed by atoms with Crippen LogP contribution < -0.4 is 5.32 Å². The van der Waals surface area contributed by atoms with E-state index in [4.69, 9.17) is 4.74 Å². The van der Waals surface area contributed by atoms with Gasteiger partial charge in [-0.1, -0.05) is 13.8 Å². The van der Waals surface area contributed by atoms with Gasteiger partial charge < -0.3 is 9.30 Å². The van der Waals surface area contributed by atoms with Gasteiger partial charge in [0.15, 0.2) is 0 Å².